The molecule has 2 aliphatic rings. The third kappa shape index (κ3) is 4.11. The summed E-state index contributed by atoms with van der Waals surface area (Å²) in [5, 5.41) is 3.09. The van der Waals surface area contributed by atoms with E-state index in [1.807, 2.05) is 22.8 Å². The lowest BCUT2D eigenvalue weighted by molar-refractivity contribution is -0.118. The fourth-order valence-electron chi connectivity index (χ4n) is 4.14. The van der Waals surface area contributed by atoms with Crippen molar-refractivity contribution in [3.05, 3.63) is 30.3 Å². The Labute approximate surface area is 189 Å². The number of alkyl halides is 2. The maximum Gasteiger partial charge on any atom is 0.284 e. The zero-order valence-corrected chi connectivity index (χ0v) is 18.6. The lowest BCUT2D eigenvalue weighted by atomic mass is 10.1. The van der Waals surface area contributed by atoms with E-state index in [0.29, 0.717) is 18.9 Å². The molecule has 0 spiro atoms. The third-order valence-corrected chi connectivity index (χ3v) is 5.89. The molecule has 0 aliphatic carbocycles. The molecule has 3 heterocycles. The van der Waals surface area contributed by atoms with Crippen LogP contribution >= 0.6 is 0 Å². The molecular weight excluding hydrogens is 434 g/mol. The first-order valence-electron chi connectivity index (χ1n) is 10.7. The predicted molar refractivity (Wildman–Crippen MR) is 120 cm³/mol. The third-order valence-electron chi connectivity index (χ3n) is 5.89. The molecule has 1 aromatic heterocycles. The number of aromatic nitrogens is 2. The van der Waals surface area contributed by atoms with Crippen LogP contribution in [0.2, 0.25) is 0 Å². The zero-order chi connectivity index (χ0) is 23.9. The van der Waals surface area contributed by atoms with E-state index in [4.69, 9.17) is 10.5 Å². The first kappa shape index (κ1) is 22.6. The van der Waals surface area contributed by atoms with Gasteiger partial charge in [0.1, 0.15) is 24.5 Å². The van der Waals surface area contributed by atoms with Gasteiger partial charge < -0.3 is 25.3 Å². The summed E-state index contributed by atoms with van der Waals surface area (Å²) in [5.74, 6) is 1.63. The van der Waals surface area contributed by atoms with Gasteiger partial charge in [-0.1, -0.05) is 0 Å². The summed E-state index contributed by atoms with van der Waals surface area (Å²) >= 11 is 0. The molecule has 33 heavy (non-hydrogen) atoms. The quantitative estimate of drug-likeness (QED) is 0.637. The average Bonchev–Trinajstić information content (AvgIpc) is 3.34. The summed E-state index contributed by atoms with van der Waals surface area (Å²) in [7, 11) is 0. The van der Waals surface area contributed by atoms with E-state index in [1.54, 1.807) is 19.1 Å². The van der Waals surface area contributed by atoms with Crippen molar-refractivity contribution < 1.29 is 23.1 Å². The molecule has 2 atom stereocenters. The smallest absolute Gasteiger partial charge is 0.284 e. The highest BCUT2D eigenvalue weighted by Gasteiger charge is 2.40. The number of anilines is 3. The fraction of sp³-hybridized carbons (Fsp3) is 0.455. The van der Waals surface area contributed by atoms with Crippen molar-refractivity contribution in [2.24, 2.45) is 5.73 Å². The second-order valence-corrected chi connectivity index (χ2v) is 8.39. The molecule has 176 valence electrons. The normalized spacial score (nSPS) is 18.5. The number of carbonyl (C=O) groups is 1. The van der Waals surface area contributed by atoms with Crippen LogP contribution in [-0.4, -0.2) is 59.1 Å². The fourth-order valence-corrected chi connectivity index (χ4v) is 4.14. The van der Waals surface area contributed by atoms with Gasteiger partial charge in [-0.05, 0) is 39.0 Å². The Morgan fingerprint density at radius 2 is 2.06 bits per heavy atom. The number of nitrogens with one attached hydrogen (secondary N) is 1. The van der Waals surface area contributed by atoms with Crippen LogP contribution in [0.15, 0.2) is 30.3 Å². The van der Waals surface area contributed by atoms with Crippen LogP contribution in [0.25, 0.3) is 11.4 Å². The monoisotopic (exact) mass is 460 g/mol. The van der Waals surface area contributed by atoms with Crippen molar-refractivity contribution in [2.75, 3.05) is 28.3 Å². The van der Waals surface area contributed by atoms with Gasteiger partial charge >= 0.3 is 0 Å². The molecule has 2 aromatic rings. The molecule has 4 rings (SSSR count). The number of halogens is 2. The lowest BCUT2D eigenvalue weighted by Crippen LogP contribution is -2.36. The number of nitrogens with zero attached hydrogens (tertiary/aromatic N) is 4. The molecule has 1 amide bonds. The maximum absolute atomic E-state index is 13.6. The first-order chi connectivity index (χ1) is 15.7. The Morgan fingerprint density at radius 3 is 2.70 bits per heavy atom. The summed E-state index contributed by atoms with van der Waals surface area (Å²) in [6.07, 6.45) is -1.06. The standard InChI is InChI=1S/C22H26F2N6O3/c1-12(2)29-7-6-28-9-18(30-17(20(23)24)11-33-19(30)10-31)27-22(28)15-5-4-14(8-16(15)29)26-13(3)21(25)32/h4-5,8-9,12-13,17,20,26H,6-7,11H2,1-3H3,(H2,25,32)/t13-,17-/m0/s1. The number of carbonyl (C=O) groups excluding carboxylic acids is 2. The molecule has 0 bridgehead atoms. The van der Waals surface area contributed by atoms with Crippen LogP contribution in [0.3, 0.4) is 0 Å². The number of primary amides is 1. The Balaban J connectivity index is 1.79. The maximum atomic E-state index is 13.6. The van der Waals surface area contributed by atoms with Gasteiger partial charge in [-0.2, -0.15) is 0 Å². The highest BCUT2D eigenvalue weighted by molar-refractivity contribution is 5.85. The van der Waals surface area contributed by atoms with Gasteiger partial charge in [-0.3, -0.25) is 9.69 Å². The number of fused-ring (bicyclic) bond motifs is 3. The summed E-state index contributed by atoms with van der Waals surface area (Å²) in [6.45, 7) is 6.73. The van der Waals surface area contributed by atoms with Crippen molar-refractivity contribution in [3.8, 4) is 11.4 Å². The number of hydrogen-bond donors (Lipinski definition) is 2. The van der Waals surface area contributed by atoms with Gasteiger partial charge in [0.05, 0.1) is 5.69 Å². The number of imidazole rings is 1. The Bertz CT molecular complexity index is 1110. The van der Waals surface area contributed by atoms with Crippen molar-refractivity contribution >= 4 is 29.0 Å². The molecule has 2 aliphatic heterocycles. The van der Waals surface area contributed by atoms with Gasteiger partial charge in [0, 0.05) is 36.6 Å². The largest absolute Gasteiger partial charge is 0.468 e. The van der Waals surface area contributed by atoms with E-state index in [9.17, 15) is 18.4 Å². The number of rotatable bonds is 6. The molecule has 1 aromatic carbocycles. The summed E-state index contributed by atoms with van der Waals surface area (Å²) in [4.78, 5) is 30.7. The van der Waals surface area contributed by atoms with Crippen LogP contribution in [0, 0.1) is 0 Å². The number of hydrogen-bond acceptors (Lipinski definition) is 7. The zero-order valence-electron chi connectivity index (χ0n) is 18.6. The number of nitrogens with two attached hydrogens (primary N) is 1. The average molecular weight is 460 g/mol. The highest BCUT2D eigenvalue weighted by atomic mass is 19.3. The first-order valence-corrected chi connectivity index (χ1v) is 10.7. The van der Waals surface area contributed by atoms with Crippen LogP contribution < -0.4 is 20.9 Å². The van der Waals surface area contributed by atoms with Gasteiger partial charge in [-0.25, -0.2) is 18.6 Å². The van der Waals surface area contributed by atoms with Crippen molar-refractivity contribution in [1.29, 1.82) is 0 Å². The van der Waals surface area contributed by atoms with Crippen molar-refractivity contribution in [1.82, 2.24) is 9.55 Å². The molecule has 3 N–H and O–H groups in total. The minimum Gasteiger partial charge on any atom is -0.468 e. The molecular formula is C22H26F2N6O3. The lowest BCUT2D eigenvalue weighted by Gasteiger charge is -2.29. The summed E-state index contributed by atoms with van der Waals surface area (Å²) < 4.78 is 34.2. The second-order valence-electron chi connectivity index (χ2n) is 8.39. The van der Waals surface area contributed by atoms with E-state index in [1.165, 1.54) is 0 Å². The van der Waals surface area contributed by atoms with Crippen molar-refractivity contribution in [3.63, 3.8) is 0 Å². The molecule has 0 radical (unpaired) electrons. The van der Waals surface area contributed by atoms with Gasteiger partial charge in [0.2, 0.25) is 5.91 Å². The molecule has 1 saturated heterocycles. The summed E-state index contributed by atoms with van der Waals surface area (Å²) in [5.41, 5.74) is 7.79. The van der Waals surface area contributed by atoms with Gasteiger partial charge in [0.15, 0.2) is 11.8 Å². The van der Waals surface area contributed by atoms with E-state index in [0.717, 1.165) is 21.8 Å². The topological polar surface area (TPSA) is 106 Å². The van der Waals surface area contributed by atoms with Gasteiger partial charge in [0.25, 0.3) is 12.3 Å². The Kier molecular flexibility index (Phi) is 5.99. The van der Waals surface area contributed by atoms with E-state index in [-0.39, 0.29) is 24.3 Å². The Hall–Kier alpha value is -3.59. The van der Waals surface area contributed by atoms with Crippen LogP contribution in [-0.2, 0) is 20.9 Å². The van der Waals surface area contributed by atoms with Crippen LogP contribution in [0.1, 0.15) is 20.8 Å². The minimum absolute atomic E-state index is 0.177. The van der Waals surface area contributed by atoms with Crippen molar-refractivity contribution in [2.45, 2.75) is 51.9 Å². The molecule has 1 fully saturated rings. The summed E-state index contributed by atoms with van der Waals surface area (Å²) in [6, 6.07) is 3.93. The molecule has 0 saturated carbocycles. The SMILES string of the molecule is CC(C)N1CCn2cc(N3C(=C=O)OC[C@H]3C(F)F)nc2-c2ccc(N[C@@H](C)C(N)=O)cc21. The highest BCUT2D eigenvalue weighted by Crippen LogP contribution is 2.39. The van der Waals surface area contributed by atoms with Crippen LogP contribution in [0.5, 0.6) is 0 Å². The molecule has 0 unspecified atom stereocenters. The van der Waals surface area contributed by atoms with E-state index >= 15 is 0 Å². The number of ether oxygens (including phenoxy) is 1. The van der Waals surface area contributed by atoms with E-state index in [2.05, 4.69) is 29.0 Å². The predicted octanol–water partition coefficient (Wildman–Crippen LogP) is 2.21. The molecule has 9 nitrogen and oxygen atoms in total. The minimum atomic E-state index is -2.72. The Morgan fingerprint density at radius 1 is 1.30 bits per heavy atom. The molecule has 11 heteroatoms. The second kappa shape index (κ2) is 8.74. The van der Waals surface area contributed by atoms with Gasteiger partial charge in [-0.15, -0.1) is 0 Å². The number of benzene rings is 1. The number of amides is 1. The van der Waals surface area contributed by atoms with Crippen LogP contribution in [0.4, 0.5) is 26.0 Å². The van der Waals surface area contributed by atoms with E-state index < -0.39 is 24.4 Å².